The number of likely N-dealkylation sites (tertiary alicyclic amines) is 1. The highest BCUT2D eigenvalue weighted by atomic mass is 16.2. The molecule has 9 nitrogen and oxygen atoms in total. The molecule has 0 unspecified atom stereocenters. The lowest BCUT2D eigenvalue weighted by Crippen LogP contribution is -2.38. The highest BCUT2D eigenvalue weighted by molar-refractivity contribution is 5.95. The molecule has 0 radical (unpaired) electrons. The van der Waals surface area contributed by atoms with Gasteiger partial charge in [-0.1, -0.05) is 0 Å². The Morgan fingerprint density at radius 1 is 1.03 bits per heavy atom. The molecular weight excluding hydrogens is 440 g/mol. The van der Waals surface area contributed by atoms with Crippen molar-refractivity contribution in [2.24, 2.45) is 5.73 Å². The molecule has 0 aliphatic carbocycles. The Hall–Kier alpha value is -3.20. The van der Waals surface area contributed by atoms with Gasteiger partial charge in [0.05, 0.1) is 11.7 Å². The van der Waals surface area contributed by atoms with Crippen LogP contribution in [-0.4, -0.2) is 69.2 Å². The number of amides is 1. The van der Waals surface area contributed by atoms with E-state index in [0.717, 1.165) is 86.9 Å². The number of anilines is 2. The van der Waals surface area contributed by atoms with Crippen LogP contribution in [0.5, 0.6) is 0 Å². The van der Waals surface area contributed by atoms with Gasteiger partial charge in [-0.3, -0.25) is 4.79 Å². The first kappa shape index (κ1) is 22.3. The van der Waals surface area contributed by atoms with Crippen molar-refractivity contribution in [2.45, 2.75) is 57.5 Å². The van der Waals surface area contributed by atoms with Crippen LogP contribution in [0.25, 0.3) is 5.65 Å². The zero-order chi connectivity index (χ0) is 23.9. The van der Waals surface area contributed by atoms with Gasteiger partial charge in [-0.25, -0.2) is 14.5 Å². The molecule has 0 spiro atoms. The fourth-order valence-corrected chi connectivity index (χ4v) is 5.80. The summed E-state index contributed by atoms with van der Waals surface area (Å²) in [4.78, 5) is 29.7. The molecule has 6 rings (SSSR count). The maximum Gasteiger partial charge on any atom is 0.254 e. The number of aromatic nitrogens is 4. The number of hydrogen-bond acceptors (Lipinski definition) is 7. The maximum atomic E-state index is 13.7. The van der Waals surface area contributed by atoms with Crippen LogP contribution in [-0.2, 0) is 0 Å². The van der Waals surface area contributed by atoms with Gasteiger partial charge in [-0.05, 0) is 57.6 Å². The Balaban J connectivity index is 1.29. The van der Waals surface area contributed by atoms with Crippen LogP contribution in [0, 0.1) is 6.92 Å². The third kappa shape index (κ3) is 4.22. The minimum atomic E-state index is -0.0506. The first-order valence-electron chi connectivity index (χ1n) is 13.0. The van der Waals surface area contributed by atoms with Crippen LogP contribution < -0.4 is 15.5 Å². The smallest absolute Gasteiger partial charge is 0.254 e. The summed E-state index contributed by atoms with van der Waals surface area (Å²) >= 11 is 0. The first-order valence-corrected chi connectivity index (χ1v) is 13.0. The van der Waals surface area contributed by atoms with Gasteiger partial charge in [-0.2, -0.15) is 5.10 Å². The van der Waals surface area contributed by atoms with Gasteiger partial charge in [0.25, 0.3) is 5.91 Å². The summed E-state index contributed by atoms with van der Waals surface area (Å²) in [6, 6.07) is 6.01. The molecule has 3 fully saturated rings. The Morgan fingerprint density at radius 3 is 2.66 bits per heavy atom. The van der Waals surface area contributed by atoms with E-state index < -0.39 is 0 Å². The van der Waals surface area contributed by atoms with E-state index in [4.69, 9.17) is 15.8 Å². The van der Waals surface area contributed by atoms with Crippen LogP contribution in [0.1, 0.15) is 66.2 Å². The average molecular weight is 475 g/mol. The molecule has 3 aliphatic rings. The Bertz CT molecular complexity index is 1230. The standard InChI is InChI=1S/C26H34N8O/c1-18-16-34-24(29-25(18)32-13-8-20(27)17-32)15-21(30-34)22-6-2-3-12-33(22)26(35)19-7-9-28-23(14-19)31-10-4-5-11-31/h7,9,14-16,20,22H,2-6,8,10-13,17,27H2,1H3/t20-,22-/m0/s1. The first-order chi connectivity index (χ1) is 17.1. The number of rotatable bonds is 4. The predicted octanol–water partition coefficient (Wildman–Crippen LogP) is 2.94. The summed E-state index contributed by atoms with van der Waals surface area (Å²) in [7, 11) is 0. The van der Waals surface area contributed by atoms with Crippen molar-refractivity contribution in [1.29, 1.82) is 0 Å². The molecule has 6 heterocycles. The van der Waals surface area contributed by atoms with Crippen LogP contribution in [0.2, 0.25) is 0 Å². The fraction of sp³-hybridized carbons (Fsp3) is 0.538. The number of fused-ring (bicyclic) bond motifs is 1. The van der Waals surface area contributed by atoms with E-state index in [1.54, 1.807) is 6.20 Å². The van der Waals surface area contributed by atoms with Crippen LogP contribution >= 0.6 is 0 Å². The van der Waals surface area contributed by atoms with E-state index in [1.165, 1.54) is 12.8 Å². The molecule has 3 aromatic rings. The van der Waals surface area contributed by atoms with Gasteiger partial charge in [0.2, 0.25) is 0 Å². The number of piperidine rings is 1. The molecule has 35 heavy (non-hydrogen) atoms. The monoisotopic (exact) mass is 474 g/mol. The summed E-state index contributed by atoms with van der Waals surface area (Å²) in [6.07, 6.45) is 10.2. The van der Waals surface area contributed by atoms with Crippen LogP contribution in [0.15, 0.2) is 30.6 Å². The Labute approximate surface area is 205 Å². The summed E-state index contributed by atoms with van der Waals surface area (Å²) in [6.45, 7) is 6.60. The van der Waals surface area contributed by atoms with E-state index in [2.05, 4.69) is 27.8 Å². The van der Waals surface area contributed by atoms with Crippen molar-refractivity contribution in [2.75, 3.05) is 42.5 Å². The number of hydrogen-bond donors (Lipinski definition) is 1. The lowest BCUT2D eigenvalue weighted by molar-refractivity contribution is 0.0605. The van der Waals surface area contributed by atoms with E-state index >= 15 is 0 Å². The number of nitrogens with zero attached hydrogens (tertiary/aromatic N) is 7. The van der Waals surface area contributed by atoms with Crippen molar-refractivity contribution in [1.82, 2.24) is 24.5 Å². The molecule has 9 heteroatoms. The second-order valence-corrected chi connectivity index (χ2v) is 10.2. The number of pyridine rings is 1. The predicted molar refractivity (Wildman–Crippen MR) is 136 cm³/mol. The number of aryl methyl sites for hydroxylation is 1. The number of carbonyl (C=O) groups excluding carboxylic acids is 1. The molecular formula is C26H34N8O. The lowest BCUT2D eigenvalue weighted by Gasteiger charge is -2.35. The van der Waals surface area contributed by atoms with E-state index in [-0.39, 0.29) is 18.0 Å². The second-order valence-electron chi connectivity index (χ2n) is 10.2. The zero-order valence-corrected chi connectivity index (χ0v) is 20.4. The molecule has 0 bridgehead atoms. The molecule has 2 atom stereocenters. The average Bonchev–Trinajstić information content (AvgIpc) is 3.64. The third-order valence-corrected chi connectivity index (χ3v) is 7.68. The van der Waals surface area contributed by atoms with Crippen molar-refractivity contribution in [3.8, 4) is 0 Å². The molecule has 184 valence electrons. The Morgan fingerprint density at radius 2 is 1.86 bits per heavy atom. The second kappa shape index (κ2) is 9.11. The van der Waals surface area contributed by atoms with Gasteiger partial charge >= 0.3 is 0 Å². The number of carbonyl (C=O) groups is 1. The van der Waals surface area contributed by atoms with E-state index in [1.807, 2.05) is 27.7 Å². The Kier molecular flexibility index (Phi) is 5.80. The van der Waals surface area contributed by atoms with E-state index in [0.29, 0.717) is 5.56 Å². The minimum Gasteiger partial charge on any atom is -0.357 e. The molecule has 0 aromatic carbocycles. The molecule has 2 N–H and O–H groups in total. The van der Waals surface area contributed by atoms with Crippen LogP contribution in [0.3, 0.4) is 0 Å². The topological polar surface area (TPSA) is 95.9 Å². The highest BCUT2D eigenvalue weighted by Gasteiger charge is 2.31. The SMILES string of the molecule is Cc1cn2nc([C@@H]3CCCCN3C(=O)c3ccnc(N4CCCC4)c3)cc2nc1N1CC[C@H](N)C1. The zero-order valence-electron chi connectivity index (χ0n) is 20.4. The molecule has 3 aliphatic heterocycles. The summed E-state index contributed by atoms with van der Waals surface area (Å²) in [5.41, 5.74) is 9.66. The van der Waals surface area contributed by atoms with Crippen molar-refractivity contribution < 1.29 is 4.79 Å². The van der Waals surface area contributed by atoms with Gasteiger partial charge in [0.15, 0.2) is 5.65 Å². The van der Waals surface area contributed by atoms with Gasteiger partial charge in [-0.15, -0.1) is 0 Å². The summed E-state index contributed by atoms with van der Waals surface area (Å²) < 4.78 is 1.86. The molecule has 3 saturated heterocycles. The lowest BCUT2D eigenvalue weighted by atomic mass is 9.98. The highest BCUT2D eigenvalue weighted by Crippen LogP contribution is 2.33. The largest absolute Gasteiger partial charge is 0.357 e. The van der Waals surface area contributed by atoms with Crippen molar-refractivity contribution >= 4 is 23.2 Å². The maximum absolute atomic E-state index is 13.7. The molecule has 0 saturated carbocycles. The fourth-order valence-electron chi connectivity index (χ4n) is 5.80. The normalized spacial score (nSPS) is 23.0. The molecule has 1 amide bonds. The summed E-state index contributed by atoms with van der Waals surface area (Å²) in [5.74, 6) is 1.95. The summed E-state index contributed by atoms with van der Waals surface area (Å²) in [5, 5.41) is 4.88. The van der Waals surface area contributed by atoms with Crippen LogP contribution in [0.4, 0.5) is 11.6 Å². The third-order valence-electron chi connectivity index (χ3n) is 7.68. The minimum absolute atomic E-state index is 0.0506. The van der Waals surface area contributed by atoms with Crippen molar-refractivity contribution in [3.05, 3.63) is 47.4 Å². The van der Waals surface area contributed by atoms with Crippen molar-refractivity contribution in [3.63, 3.8) is 0 Å². The van der Waals surface area contributed by atoms with Gasteiger partial charge < -0.3 is 20.4 Å². The number of nitrogens with two attached hydrogens (primary N) is 1. The quantitative estimate of drug-likeness (QED) is 0.621. The van der Waals surface area contributed by atoms with Gasteiger partial charge in [0.1, 0.15) is 11.6 Å². The van der Waals surface area contributed by atoms with Gasteiger partial charge in [0, 0.05) is 68.4 Å². The van der Waals surface area contributed by atoms with E-state index in [9.17, 15) is 4.79 Å². The molecule has 3 aromatic heterocycles.